The Morgan fingerprint density at radius 3 is 2.92 bits per heavy atom. The molecule has 0 aromatic carbocycles. The highest BCUT2D eigenvalue weighted by molar-refractivity contribution is 5.31. The third kappa shape index (κ3) is 1.20. The molecule has 2 nitrogen and oxygen atoms in total. The lowest BCUT2D eigenvalue weighted by Gasteiger charge is -2.08. The molecular weight excluding hydrogens is 164 g/mol. The normalized spacial score (nSPS) is 32.1. The summed E-state index contributed by atoms with van der Waals surface area (Å²) in [4.78, 5) is 0. The highest BCUT2D eigenvalue weighted by atomic mass is 16.3. The average molecular weight is 180 g/mol. The first-order chi connectivity index (χ1) is 6.22. The lowest BCUT2D eigenvalue weighted by atomic mass is 10.0. The second-order valence-electron chi connectivity index (χ2n) is 3.84. The van der Waals surface area contributed by atoms with Gasteiger partial charge in [-0.05, 0) is 18.4 Å². The van der Waals surface area contributed by atoms with Gasteiger partial charge < -0.3 is 9.52 Å². The number of hydrogen-bond acceptors (Lipinski definition) is 2. The smallest absolute Gasteiger partial charge is 0.109 e. The van der Waals surface area contributed by atoms with Gasteiger partial charge in [0.25, 0.3) is 0 Å². The maximum Gasteiger partial charge on any atom is 0.109 e. The van der Waals surface area contributed by atoms with Crippen LogP contribution in [0.2, 0.25) is 0 Å². The summed E-state index contributed by atoms with van der Waals surface area (Å²) in [5, 5.41) is 10.2. The first-order valence-electron chi connectivity index (χ1n) is 5.01. The van der Waals surface area contributed by atoms with Gasteiger partial charge in [-0.3, -0.25) is 0 Å². The predicted octanol–water partition coefficient (Wildman–Crippen LogP) is 2.46. The van der Waals surface area contributed by atoms with E-state index < -0.39 is 5.60 Å². The van der Waals surface area contributed by atoms with Gasteiger partial charge in [-0.25, -0.2) is 0 Å². The first-order valence-corrected chi connectivity index (χ1v) is 5.01. The van der Waals surface area contributed by atoms with Crippen LogP contribution >= 0.6 is 0 Å². The quantitative estimate of drug-likeness (QED) is 0.775. The topological polar surface area (TPSA) is 33.4 Å². The number of aryl methyl sites for hydroxylation is 1. The zero-order valence-electron chi connectivity index (χ0n) is 8.21. The lowest BCUT2D eigenvalue weighted by Crippen LogP contribution is -2.09. The summed E-state index contributed by atoms with van der Waals surface area (Å²) in [5.74, 6) is 1.38. The largest absolute Gasteiger partial charge is 0.469 e. The SMILES string of the molecule is CCc1occc1C1(O)CC1CC. The minimum atomic E-state index is -0.562. The van der Waals surface area contributed by atoms with Gasteiger partial charge in [0.05, 0.1) is 11.9 Å². The van der Waals surface area contributed by atoms with Gasteiger partial charge in [0.15, 0.2) is 0 Å². The molecule has 0 amide bonds. The summed E-state index contributed by atoms with van der Waals surface area (Å²) in [6, 6.07) is 1.91. The van der Waals surface area contributed by atoms with Gasteiger partial charge in [0.1, 0.15) is 5.76 Å². The zero-order valence-corrected chi connectivity index (χ0v) is 8.21. The molecule has 0 aliphatic heterocycles. The molecule has 72 valence electrons. The maximum absolute atomic E-state index is 10.2. The third-order valence-electron chi connectivity index (χ3n) is 3.10. The van der Waals surface area contributed by atoms with Crippen LogP contribution in [0, 0.1) is 5.92 Å². The van der Waals surface area contributed by atoms with E-state index in [1.807, 2.05) is 6.07 Å². The molecular formula is C11H16O2. The third-order valence-corrected chi connectivity index (χ3v) is 3.10. The fourth-order valence-electron chi connectivity index (χ4n) is 2.13. The summed E-state index contributed by atoms with van der Waals surface area (Å²) in [6.45, 7) is 4.17. The Hall–Kier alpha value is -0.760. The molecule has 0 bridgehead atoms. The van der Waals surface area contributed by atoms with Gasteiger partial charge in [-0.15, -0.1) is 0 Å². The van der Waals surface area contributed by atoms with E-state index in [1.54, 1.807) is 6.26 Å². The zero-order chi connectivity index (χ0) is 9.47. The van der Waals surface area contributed by atoms with Crippen molar-refractivity contribution in [3.8, 4) is 0 Å². The number of aliphatic hydroxyl groups is 1. The molecule has 1 aliphatic rings. The Kier molecular flexibility index (Phi) is 1.95. The Labute approximate surface area is 78.6 Å². The Balaban J connectivity index is 2.26. The molecule has 1 aromatic heterocycles. The minimum Gasteiger partial charge on any atom is -0.469 e. The molecule has 1 aliphatic carbocycles. The summed E-state index contributed by atoms with van der Waals surface area (Å²) < 4.78 is 5.31. The first kappa shape index (κ1) is 8.82. The van der Waals surface area contributed by atoms with Crippen LogP contribution in [0.25, 0.3) is 0 Å². The van der Waals surface area contributed by atoms with Crippen LogP contribution < -0.4 is 0 Å². The Morgan fingerprint density at radius 1 is 1.62 bits per heavy atom. The van der Waals surface area contributed by atoms with Crippen LogP contribution in [0.4, 0.5) is 0 Å². The van der Waals surface area contributed by atoms with Gasteiger partial charge in [0, 0.05) is 12.0 Å². The highest BCUT2D eigenvalue weighted by Crippen LogP contribution is 2.54. The van der Waals surface area contributed by atoms with Gasteiger partial charge >= 0.3 is 0 Å². The van der Waals surface area contributed by atoms with Crippen LogP contribution in [0.3, 0.4) is 0 Å². The van der Waals surface area contributed by atoms with Gasteiger partial charge in [0.2, 0.25) is 0 Å². The van der Waals surface area contributed by atoms with E-state index in [-0.39, 0.29) is 0 Å². The predicted molar refractivity (Wildman–Crippen MR) is 50.4 cm³/mol. The van der Waals surface area contributed by atoms with Crippen molar-refractivity contribution < 1.29 is 9.52 Å². The van der Waals surface area contributed by atoms with E-state index in [9.17, 15) is 5.11 Å². The fraction of sp³-hybridized carbons (Fsp3) is 0.636. The Bertz CT molecular complexity index is 303. The van der Waals surface area contributed by atoms with E-state index in [4.69, 9.17) is 4.42 Å². The summed E-state index contributed by atoms with van der Waals surface area (Å²) in [7, 11) is 0. The van der Waals surface area contributed by atoms with Gasteiger partial charge in [-0.2, -0.15) is 0 Å². The van der Waals surface area contributed by atoms with Crippen molar-refractivity contribution in [2.75, 3.05) is 0 Å². The number of rotatable bonds is 3. The van der Waals surface area contributed by atoms with Crippen molar-refractivity contribution >= 4 is 0 Å². The molecule has 1 saturated carbocycles. The molecule has 1 fully saturated rings. The summed E-state index contributed by atoms with van der Waals surface area (Å²) in [5.41, 5.74) is 0.453. The van der Waals surface area contributed by atoms with Crippen molar-refractivity contribution in [2.24, 2.45) is 5.92 Å². The lowest BCUT2D eigenvalue weighted by molar-refractivity contribution is 0.128. The minimum absolute atomic E-state index is 0.440. The molecule has 2 rings (SSSR count). The van der Waals surface area contributed by atoms with Crippen molar-refractivity contribution in [1.29, 1.82) is 0 Å². The van der Waals surface area contributed by atoms with Gasteiger partial charge in [-0.1, -0.05) is 20.3 Å². The van der Waals surface area contributed by atoms with E-state index in [2.05, 4.69) is 13.8 Å². The van der Waals surface area contributed by atoms with E-state index in [1.165, 1.54) is 0 Å². The standard InChI is InChI=1S/C11H16O2/c1-3-8-7-11(8,12)9-5-6-13-10(9)4-2/h5-6,8,12H,3-4,7H2,1-2H3. The van der Waals surface area contributed by atoms with E-state index >= 15 is 0 Å². The molecule has 2 unspecified atom stereocenters. The molecule has 13 heavy (non-hydrogen) atoms. The molecule has 0 saturated heterocycles. The average Bonchev–Trinajstić information content (AvgIpc) is 2.64. The number of hydrogen-bond donors (Lipinski definition) is 1. The second-order valence-corrected chi connectivity index (χ2v) is 3.84. The van der Waals surface area contributed by atoms with Crippen LogP contribution in [-0.2, 0) is 12.0 Å². The van der Waals surface area contributed by atoms with Crippen molar-refractivity contribution in [1.82, 2.24) is 0 Å². The van der Waals surface area contributed by atoms with Crippen LogP contribution in [0.15, 0.2) is 16.7 Å². The summed E-state index contributed by atoms with van der Waals surface area (Å²) >= 11 is 0. The molecule has 1 aromatic rings. The van der Waals surface area contributed by atoms with Crippen LogP contribution in [0.5, 0.6) is 0 Å². The van der Waals surface area contributed by atoms with Crippen LogP contribution in [-0.4, -0.2) is 5.11 Å². The molecule has 2 heteroatoms. The molecule has 1 heterocycles. The molecule has 0 radical (unpaired) electrons. The highest BCUT2D eigenvalue weighted by Gasteiger charge is 2.54. The van der Waals surface area contributed by atoms with E-state index in [0.717, 1.165) is 30.6 Å². The van der Waals surface area contributed by atoms with Crippen molar-refractivity contribution in [3.05, 3.63) is 23.7 Å². The fourth-order valence-corrected chi connectivity index (χ4v) is 2.13. The van der Waals surface area contributed by atoms with Crippen molar-refractivity contribution in [2.45, 2.75) is 38.7 Å². The molecule has 2 atom stereocenters. The monoisotopic (exact) mass is 180 g/mol. The molecule has 0 spiro atoms. The summed E-state index contributed by atoms with van der Waals surface area (Å²) in [6.07, 6.45) is 4.49. The second kappa shape index (κ2) is 2.88. The Morgan fingerprint density at radius 2 is 2.38 bits per heavy atom. The van der Waals surface area contributed by atoms with Crippen molar-refractivity contribution in [3.63, 3.8) is 0 Å². The number of furan rings is 1. The van der Waals surface area contributed by atoms with E-state index in [0.29, 0.717) is 5.92 Å². The maximum atomic E-state index is 10.2. The molecule has 1 N–H and O–H groups in total. The van der Waals surface area contributed by atoms with Crippen LogP contribution in [0.1, 0.15) is 38.0 Å².